The minimum atomic E-state index is -0.573. The minimum absolute atomic E-state index is 0.00657. The number of ketones is 1. The summed E-state index contributed by atoms with van der Waals surface area (Å²) in [5.74, 6) is -0.144. The highest BCUT2D eigenvalue weighted by Gasteiger charge is 2.33. The topological polar surface area (TPSA) is 63.4 Å². The first-order chi connectivity index (χ1) is 7.62. The molecule has 2 N–H and O–H groups in total. The number of Topliss-reactive ketones (excluding diaryl/α,β-unsaturated/α-hetero) is 1. The van der Waals surface area contributed by atoms with Crippen LogP contribution in [-0.4, -0.2) is 35.2 Å². The van der Waals surface area contributed by atoms with E-state index in [-0.39, 0.29) is 17.1 Å². The van der Waals surface area contributed by atoms with Crippen molar-refractivity contribution in [1.29, 1.82) is 0 Å². The first-order valence-electron chi connectivity index (χ1n) is 6.19. The van der Waals surface area contributed by atoms with E-state index in [4.69, 9.17) is 5.73 Å². The lowest BCUT2D eigenvalue weighted by atomic mass is 9.86. The molecule has 2 atom stereocenters. The second kappa shape index (κ2) is 6.15. The molecule has 4 nitrogen and oxygen atoms in total. The summed E-state index contributed by atoms with van der Waals surface area (Å²) in [6, 6.07) is -0.966. The van der Waals surface area contributed by atoms with E-state index in [2.05, 4.69) is 0 Å². The molecule has 0 saturated carbocycles. The van der Waals surface area contributed by atoms with Crippen LogP contribution in [0.1, 0.15) is 48.0 Å². The highest BCUT2D eigenvalue weighted by atomic mass is 16.2. The lowest BCUT2D eigenvalue weighted by molar-refractivity contribution is -0.141. The first-order valence-corrected chi connectivity index (χ1v) is 6.19. The lowest BCUT2D eigenvalue weighted by Crippen LogP contribution is -2.54. The van der Waals surface area contributed by atoms with E-state index in [0.29, 0.717) is 6.54 Å². The Morgan fingerprint density at radius 1 is 1.29 bits per heavy atom. The Balaban J connectivity index is 4.95. The van der Waals surface area contributed by atoms with Gasteiger partial charge >= 0.3 is 0 Å². The molecule has 1 amide bonds. The SMILES string of the molecule is CCCN(C(=O)[C@@H](N)C(C)(C)C)[C@@H](C)C(C)=O. The zero-order chi connectivity index (χ0) is 13.8. The monoisotopic (exact) mass is 242 g/mol. The number of carbonyl (C=O) groups is 2. The van der Waals surface area contributed by atoms with Crippen molar-refractivity contribution < 1.29 is 9.59 Å². The molecular formula is C13H26N2O2. The van der Waals surface area contributed by atoms with Gasteiger partial charge in [0.15, 0.2) is 5.78 Å². The summed E-state index contributed by atoms with van der Waals surface area (Å²) in [6.45, 7) is 11.6. The van der Waals surface area contributed by atoms with Crippen molar-refractivity contribution in [2.24, 2.45) is 11.1 Å². The normalized spacial score (nSPS) is 15.2. The van der Waals surface area contributed by atoms with E-state index in [0.717, 1.165) is 6.42 Å². The van der Waals surface area contributed by atoms with Crippen LogP contribution in [0.15, 0.2) is 0 Å². The average Bonchev–Trinajstić information content (AvgIpc) is 2.21. The van der Waals surface area contributed by atoms with Crippen LogP contribution in [0.4, 0.5) is 0 Å². The van der Waals surface area contributed by atoms with Crippen molar-refractivity contribution in [1.82, 2.24) is 4.90 Å². The molecule has 0 aliphatic heterocycles. The van der Waals surface area contributed by atoms with Crippen LogP contribution >= 0.6 is 0 Å². The Morgan fingerprint density at radius 3 is 2.06 bits per heavy atom. The average molecular weight is 242 g/mol. The number of rotatable bonds is 5. The van der Waals surface area contributed by atoms with E-state index in [1.54, 1.807) is 11.8 Å². The van der Waals surface area contributed by atoms with Crippen molar-refractivity contribution in [3.8, 4) is 0 Å². The van der Waals surface area contributed by atoms with Gasteiger partial charge in [0.2, 0.25) is 5.91 Å². The molecule has 0 aromatic rings. The first kappa shape index (κ1) is 16.1. The molecule has 0 saturated heterocycles. The Kier molecular flexibility index (Phi) is 5.82. The molecule has 0 bridgehead atoms. The molecule has 0 aliphatic carbocycles. The standard InChI is InChI=1S/C13H26N2O2/c1-7-8-15(9(2)10(3)16)12(17)11(14)13(4,5)6/h9,11H,7-8,14H2,1-6H3/t9-,11+/m0/s1. The zero-order valence-electron chi connectivity index (χ0n) is 11.9. The molecule has 4 heteroatoms. The summed E-state index contributed by atoms with van der Waals surface area (Å²) in [6.07, 6.45) is 0.820. The highest BCUT2D eigenvalue weighted by Crippen LogP contribution is 2.20. The predicted molar refractivity (Wildman–Crippen MR) is 69.6 cm³/mol. The molecule has 0 fully saturated rings. The third-order valence-corrected chi connectivity index (χ3v) is 3.00. The van der Waals surface area contributed by atoms with Crippen LogP contribution in [-0.2, 0) is 9.59 Å². The fraction of sp³-hybridized carbons (Fsp3) is 0.846. The molecule has 0 spiro atoms. The highest BCUT2D eigenvalue weighted by molar-refractivity contribution is 5.89. The quantitative estimate of drug-likeness (QED) is 0.796. The summed E-state index contributed by atoms with van der Waals surface area (Å²) in [5.41, 5.74) is 5.67. The van der Waals surface area contributed by atoms with Gasteiger partial charge in [-0.1, -0.05) is 27.7 Å². The molecule has 0 aromatic heterocycles. The summed E-state index contributed by atoms with van der Waals surface area (Å²) in [7, 11) is 0. The number of nitrogens with two attached hydrogens (primary N) is 1. The van der Waals surface area contributed by atoms with Gasteiger partial charge in [0.25, 0.3) is 0 Å². The summed E-state index contributed by atoms with van der Waals surface area (Å²) < 4.78 is 0. The Hall–Kier alpha value is -0.900. The fourth-order valence-corrected chi connectivity index (χ4v) is 1.50. The van der Waals surface area contributed by atoms with E-state index in [1.165, 1.54) is 6.92 Å². The zero-order valence-corrected chi connectivity index (χ0v) is 11.9. The Bertz CT molecular complexity index is 282. The maximum Gasteiger partial charge on any atom is 0.240 e. The van der Waals surface area contributed by atoms with Crippen LogP contribution in [0.3, 0.4) is 0 Å². The van der Waals surface area contributed by atoms with Gasteiger partial charge in [0.1, 0.15) is 0 Å². The summed E-state index contributed by atoms with van der Waals surface area (Å²) >= 11 is 0. The van der Waals surface area contributed by atoms with Gasteiger partial charge in [-0.3, -0.25) is 9.59 Å². The van der Waals surface area contributed by atoms with Crippen LogP contribution in [0, 0.1) is 5.41 Å². The van der Waals surface area contributed by atoms with Crippen molar-refractivity contribution in [2.45, 2.75) is 60.0 Å². The Morgan fingerprint density at radius 2 is 1.76 bits per heavy atom. The van der Waals surface area contributed by atoms with E-state index < -0.39 is 12.1 Å². The number of carbonyl (C=O) groups excluding carboxylic acids is 2. The maximum absolute atomic E-state index is 12.3. The molecule has 0 radical (unpaired) electrons. The smallest absolute Gasteiger partial charge is 0.240 e. The predicted octanol–water partition coefficient (Wildman–Crippen LogP) is 1.58. The van der Waals surface area contributed by atoms with Gasteiger partial charge in [-0.15, -0.1) is 0 Å². The molecule has 0 aliphatic rings. The molecule has 0 rings (SSSR count). The molecule has 17 heavy (non-hydrogen) atoms. The molecule has 100 valence electrons. The van der Waals surface area contributed by atoms with E-state index in [1.807, 2.05) is 27.7 Å². The van der Waals surface area contributed by atoms with E-state index in [9.17, 15) is 9.59 Å². The van der Waals surface area contributed by atoms with Crippen molar-refractivity contribution >= 4 is 11.7 Å². The lowest BCUT2D eigenvalue weighted by Gasteiger charge is -2.34. The van der Waals surface area contributed by atoms with Crippen LogP contribution in [0.25, 0.3) is 0 Å². The van der Waals surface area contributed by atoms with Gasteiger partial charge in [-0.2, -0.15) is 0 Å². The minimum Gasteiger partial charge on any atom is -0.332 e. The van der Waals surface area contributed by atoms with Crippen molar-refractivity contribution in [2.75, 3.05) is 6.54 Å². The maximum atomic E-state index is 12.3. The largest absolute Gasteiger partial charge is 0.332 e. The van der Waals surface area contributed by atoms with Crippen LogP contribution < -0.4 is 5.73 Å². The second-order valence-electron chi connectivity index (χ2n) is 5.66. The molecule has 0 aromatic carbocycles. The number of hydrogen-bond acceptors (Lipinski definition) is 3. The van der Waals surface area contributed by atoms with Crippen molar-refractivity contribution in [3.63, 3.8) is 0 Å². The fourth-order valence-electron chi connectivity index (χ4n) is 1.50. The molecule has 0 unspecified atom stereocenters. The third-order valence-electron chi connectivity index (χ3n) is 3.00. The number of nitrogens with zero attached hydrogens (tertiary/aromatic N) is 1. The molecular weight excluding hydrogens is 216 g/mol. The van der Waals surface area contributed by atoms with Crippen LogP contribution in [0.5, 0.6) is 0 Å². The van der Waals surface area contributed by atoms with Gasteiger partial charge in [-0.05, 0) is 25.7 Å². The Labute approximate surface area is 105 Å². The summed E-state index contributed by atoms with van der Waals surface area (Å²) in [4.78, 5) is 25.3. The van der Waals surface area contributed by atoms with Crippen LogP contribution in [0.2, 0.25) is 0 Å². The second-order valence-corrected chi connectivity index (χ2v) is 5.66. The third kappa shape index (κ3) is 4.46. The molecule has 0 heterocycles. The number of hydrogen-bond donors (Lipinski definition) is 1. The van der Waals surface area contributed by atoms with Gasteiger partial charge in [-0.25, -0.2) is 0 Å². The van der Waals surface area contributed by atoms with Crippen molar-refractivity contribution in [3.05, 3.63) is 0 Å². The number of amides is 1. The van der Waals surface area contributed by atoms with Gasteiger partial charge < -0.3 is 10.6 Å². The van der Waals surface area contributed by atoms with Gasteiger partial charge in [0.05, 0.1) is 12.1 Å². The van der Waals surface area contributed by atoms with E-state index >= 15 is 0 Å². The van der Waals surface area contributed by atoms with Gasteiger partial charge in [0, 0.05) is 6.54 Å². The summed E-state index contributed by atoms with van der Waals surface area (Å²) in [5, 5.41) is 0.